The number of esters is 1. The Balaban J connectivity index is 1.90. The van der Waals surface area contributed by atoms with E-state index in [1.54, 1.807) is 0 Å². The molecule has 7 N–H and O–H groups in total. The van der Waals surface area contributed by atoms with Gasteiger partial charge in [-0.3, -0.25) is 14.5 Å². The maximum Gasteiger partial charge on any atom is 0.319 e. The number of rotatable bonds is 5. The zero-order chi connectivity index (χ0) is 20.8. The molecule has 28 heavy (non-hydrogen) atoms. The van der Waals surface area contributed by atoms with Gasteiger partial charge in [-0.15, -0.1) is 0 Å². The number of aliphatic imine (C=N–C) groups is 1. The summed E-state index contributed by atoms with van der Waals surface area (Å²) in [5.74, 6) is -1.30. The van der Waals surface area contributed by atoms with E-state index in [0.717, 1.165) is 25.7 Å². The Labute approximate surface area is 167 Å². The summed E-state index contributed by atoms with van der Waals surface area (Å²) in [6, 6.07) is 0.349. The van der Waals surface area contributed by atoms with Crippen molar-refractivity contribution in [1.82, 2.24) is 20.2 Å². The zero-order valence-electron chi connectivity index (χ0n) is 15.8. The average Bonchev–Trinajstić information content (AvgIpc) is 2.64. The number of carbonyl (C=O) groups excluding carboxylic acids is 2. The van der Waals surface area contributed by atoms with Gasteiger partial charge in [0.25, 0.3) is 0 Å². The number of aromatic nitrogens is 2. The third-order valence-corrected chi connectivity index (χ3v) is 4.89. The molecule has 2 rings (SSSR count). The van der Waals surface area contributed by atoms with Crippen molar-refractivity contribution in [1.29, 1.82) is 0 Å². The van der Waals surface area contributed by atoms with E-state index in [1.807, 2.05) is 11.9 Å². The average molecular weight is 413 g/mol. The first kappa shape index (κ1) is 21.6. The molecule has 1 aliphatic rings. The second-order valence-corrected chi connectivity index (χ2v) is 6.93. The van der Waals surface area contributed by atoms with Crippen LogP contribution < -0.4 is 22.5 Å². The highest BCUT2D eigenvalue weighted by atomic mass is 35.5. The minimum absolute atomic E-state index is 0.0366. The Morgan fingerprint density at radius 3 is 2.50 bits per heavy atom. The van der Waals surface area contributed by atoms with Crippen molar-refractivity contribution in [2.75, 3.05) is 32.2 Å². The summed E-state index contributed by atoms with van der Waals surface area (Å²) in [5.41, 5.74) is 16.7. The van der Waals surface area contributed by atoms with Crippen molar-refractivity contribution in [3.05, 3.63) is 10.8 Å². The minimum atomic E-state index is -0.761. The van der Waals surface area contributed by atoms with Crippen LogP contribution in [0.1, 0.15) is 36.2 Å². The van der Waals surface area contributed by atoms with Crippen LogP contribution in [0.4, 0.5) is 11.6 Å². The second kappa shape index (κ2) is 9.51. The Bertz CT molecular complexity index is 765. The van der Waals surface area contributed by atoms with Gasteiger partial charge in [0.05, 0.1) is 13.7 Å². The van der Waals surface area contributed by atoms with Gasteiger partial charge >= 0.3 is 11.9 Å². The lowest BCUT2D eigenvalue weighted by Gasteiger charge is -2.34. The summed E-state index contributed by atoms with van der Waals surface area (Å²) in [5, 5.41) is 2.90. The topological polar surface area (TPSA) is 175 Å². The van der Waals surface area contributed by atoms with Crippen molar-refractivity contribution in [3.63, 3.8) is 0 Å². The SMILES string of the molecule is COC(=O)CN(C)[C@H]1CC[C@H](N/C(N)=N/C(=O)c2nc(Cl)c(N)nc2N)CC1. The van der Waals surface area contributed by atoms with Crippen LogP contribution in [0.2, 0.25) is 5.15 Å². The number of nitrogen functional groups attached to an aromatic ring is 2. The molecule has 0 saturated heterocycles. The Morgan fingerprint density at radius 2 is 1.89 bits per heavy atom. The van der Waals surface area contributed by atoms with Gasteiger partial charge in [-0.1, -0.05) is 11.6 Å². The Morgan fingerprint density at radius 1 is 1.25 bits per heavy atom. The van der Waals surface area contributed by atoms with Gasteiger partial charge in [0.1, 0.15) is 0 Å². The lowest BCUT2D eigenvalue weighted by molar-refractivity contribution is -0.142. The van der Waals surface area contributed by atoms with Crippen molar-refractivity contribution in [3.8, 4) is 0 Å². The van der Waals surface area contributed by atoms with Crippen molar-refractivity contribution < 1.29 is 14.3 Å². The van der Waals surface area contributed by atoms with E-state index in [2.05, 4.69) is 20.3 Å². The van der Waals surface area contributed by atoms with Crippen LogP contribution in [-0.4, -0.2) is 65.5 Å². The van der Waals surface area contributed by atoms with Gasteiger partial charge in [0.2, 0.25) is 0 Å². The lowest BCUT2D eigenvalue weighted by atomic mass is 9.90. The number of halogens is 1. The molecule has 11 nitrogen and oxygen atoms in total. The Hall–Kier alpha value is -2.66. The number of ether oxygens (including phenoxy) is 1. The summed E-state index contributed by atoms with van der Waals surface area (Å²) < 4.78 is 4.69. The molecule has 0 spiro atoms. The van der Waals surface area contributed by atoms with Crippen LogP contribution >= 0.6 is 11.6 Å². The molecule has 1 aliphatic carbocycles. The van der Waals surface area contributed by atoms with Crippen LogP contribution in [0.5, 0.6) is 0 Å². The van der Waals surface area contributed by atoms with Crippen LogP contribution in [0.25, 0.3) is 0 Å². The predicted octanol–water partition coefficient (Wildman–Crippen LogP) is -0.245. The lowest BCUT2D eigenvalue weighted by Crippen LogP contribution is -2.46. The number of methoxy groups -OCH3 is 1. The van der Waals surface area contributed by atoms with Crippen LogP contribution in [-0.2, 0) is 9.53 Å². The standard InChI is InChI=1S/C16H25ClN8O3/c1-25(7-10(26)28-2)9-5-3-8(4-6-9)21-16(20)24-15(27)11-13(18)23-14(19)12(17)22-11/h8-9H,3-7H2,1-2H3,(H4,18,19,23)(H3,20,21,24,27)/t8-,9-. The molecule has 1 saturated carbocycles. The number of hydrogen-bond acceptors (Lipinski definition) is 8. The predicted molar refractivity (Wildman–Crippen MR) is 106 cm³/mol. The number of nitrogens with one attached hydrogen (secondary N) is 1. The summed E-state index contributed by atoms with van der Waals surface area (Å²) in [7, 11) is 3.27. The third kappa shape index (κ3) is 5.67. The number of guanidine groups is 1. The second-order valence-electron chi connectivity index (χ2n) is 6.58. The fourth-order valence-electron chi connectivity index (χ4n) is 3.06. The molecular formula is C16H25ClN8O3. The number of amides is 1. The van der Waals surface area contributed by atoms with E-state index in [-0.39, 0.29) is 53.0 Å². The summed E-state index contributed by atoms with van der Waals surface area (Å²) in [6.07, 6.45) is 3.38. The highest BCUT2D eigenvalue weighted by molar-refractivity contribution is 6.31. The molecule has 1 aromatic heterocycles. The highest BCUT2D eigenvalue weighted by Gasteiger charge is 2.25. The molecule has 0 unspecified atom stereocenters. The van der Waals surface area contributed by atoms with Gasteiger partial charge in [-0.05, 0) is 32.7 Å². The zero-order valence-corrected chi connectivity index (χ0v) is 16.6. The minimum Gasteiger partial charge on any atom is -0.468 e. The number of likely N-dealkylation sites (N-methyl/N-ethyl adjacent to an activating group) is 1. The molecule has 1 heterocycles. The molecule has 0 atom stereocenters. The van der Waals surface area contributed by atoms with Gasteiger partial charge in [0.15, 0.2) is 28.4 Å². The smallest absolute Gasteiger partial charge is 0.319 e. The molecule has 154 valence electrons. The molecule has 0 aliphatic heterocycles. The van der Waals surface area contributed by atoms with E-state index in [0.29, 0.717) is 0 Å². The van der Waals surface area contributed by atoms with Gasteiger partial charge in [0, 0.05) is 12.1 Å². The monoisotopic (exact) mass is 412 g/mol. The molecule has 1 fully saturated rings. The first-order valence-corrected chi connectivity index (χ1v) is 9.09. The molecule has 0 aromatic carbocycles. The summed E-state index contributed by atoms with van der Waals surface area (Å²) in [4.78, 5) is 36.9. The van der Waals surface area contributed by atoms with E-state index in [9.17, 15) is 9.59 Å². The number of hydrogen-bond donors (Lipinski definition) is 4. The number of anilines is 2. The molecule has 12 heteroatoms. The van der Waals surface area contributed by atoms with E-state index >= 15 is 0 Å². The number of nitrogens with two attached hydrogens (primary N) is 3. The number of carbonyl (C=O) groups is 2. The highest BCUT2D eigenvalue weighted by Crippen LogP contribution is 2.22. The normalized spacial score (nSPS) is 20.1. The van der Waals surface area contributed by atoms with Crippen molar-refractivity contribution in [2.45, 2.75) is 37.8 Å². The van der Waals surface area contributed by atoms with Crippen molar-refractivity contribution >= 4 is 41.1 Å². The first-order valence-electron chi connectivity index (χ1n) is 8.71. The molecule has 1 aromatic rings. The van der Waals surface area contributed by atoms with E-state index in [1.165, 1.54) is 7.11 Å². The van der Waals surface area contributed by atoms with Crippen LogP contribution in [0, 0.1) is 0 Å². The maximum absolute atomic E-state index is 12.2. The van der Waals surface area contributed by atoms with Gasteiger partial charge < -0.3 is 27.3 Å². The number of nitrogens with zero attached hydrogens (tertiary/aromatic N) is 4. The van der Waals surface area contributed by atoms with Gasteiger partial charge in [-0.25, -0.2) is 9.97 Å². The summed E-state index contributed by atoms with van der Waals surface area (Å²) >= 11 is 5.77. The van der Waals surface area contributed by atoms with Crippen LogP contribution in [0.15, 0.2) is 4.99 Å². The first-order chi connectivity index (χ1) is 13.2. The van der Waals surface area contributed by atoms with Crippen LogP contribution in [0.3, 0.4) is 0 Å². The quantitative estimate of drug-likeness (QED) is 0.286. The third-order valence-electron chi connectivity index (χ3n) is 4.61. The Kier molecular flexibility index (Phi) is 7.35. The maximum atomic E-state index is 12.2. The fraction of sp³-hybridized carbons (Fsp3) is 0.562. The molecule has 1 amide bonds. The van der Waals surface area contributed by atoms with E-state index in [4.69, 9.17) is 33.5 Å². The molecule has 0 radical (unpaired) electrons. The van der Waals surface area contributed by atoms with E-state index < -0.39 is 5.91 Å². The molecule has 0 bridgehead atoms. The summed E-state index contributed by atoms with van der Waals surface area (Å²) in [6.45, 7) is 0.254. The van der Waals surface area contributed by atoms with Crippen molar-refractivity contribution in [2.24, 2.45) is 10.7 Å². The van der Waals surface area contributed by atoms with Gasteiger partial charge in [-0.2, -0.15) is 4.99 Å². The fourth-order valence-corrected chi connectivity index (χ4v) is 3.19. The molecular weight excluding hydrogens is 388 g/mol. The largest absolute Gasteiger partial charge is 0.468 e.